The maximum absolute atomic E-state index is 8.28. The first kappa shape index (κ1) is 10.7. The maximum atomic E-state index is 8.28. The average Bonchev–Trinajstić information content (AvgIpc) is 2.03. The summed E-state index contributed by atoms with van der Waals surface area (Å²) in [7, 11) is 0. The van der Waals surface area contributed by atoms with Crippen LogP contribution in [-0.2, 0) is 16.3 Å². The molecule has 0 radical (unpaired) electrons. The molecule has 0 spiro atoms. The van der Waals surface area contributed by atoms with Gasteiger partial charge in [-0.15, -0.1) is 0 Å². The van der Waals surface area contributed by atoms with Crippen LogP contribution < -0.4 is 3.29 Å². The zero-order chi connectivity index (χ0) is 8.69. The molecule has 0 heterocycles. The number of nitrogens with zero attached hydrogens (tertiary/aromatic N) is 4. The van der Waals surface area contributed by atoms with Crippen molar-refractivity contribution < 1.29 is 16.3 Å². The first-order chi connectivity index (χ1) is 5.26. The van der Waals surface area contributed by atoms with Crippen LogP contribution in [0.15, 0.2) is 15.8 Å². The predicted molar refractivity (Wildman–Crippen MR) is 37.6 cm³/mol. The summed E-state index contributed by atoms with van der Waals surface area (Å²) in [6.45, 7) is 0. The Morgan fingerprint density at radius 2 is 2.09 bits per heavy atom. The second-order valence-electron chi connectivity index (χ2n) is 1.14. The summed E-state index contributed by atoms with van der Waals surface area (Å²) in [5, 5.41) is 19.9. The molecule has 0 amide bonds. The molecule has 11 heavy (non-hydrogen) atoms. The Balaban J connectivity index is 4.86. The van der Waals surface area contributed by atoms with Crippen LogP contribution >= 0.6 is 24.9 Å². The van der Waals surface area contributed by atoms with Gasteiger partial charge in [-0.05, 0) is 0 Å². The second-order valence-corrected chi connectivity index (χ2v) is 4.95. The van der Waals surface area contributed by atoms with E-state index in [4.69, 9.17) is 22.1 Å². The minimum absolute atomic E-state index is 0.144. The van der Waals surface area contributed by atoms with Gasteiger partial charge in [0.25, 0.3) is 0 Å². The van der Waals surface area contributed by atoms with Crippen LogP contribution in [0.2, 0.25) is 0 Å². The van der Waals surface area contributed by atoms with Crippen molar-refractivity contribution in [3.63, 3.8) is 0 Å². The number of hydrogen-bond acceptors (Lipinski definition) is 3. The first-order valence-corrected chi connectivity index (χ1v) is 10.2. The van der Waals surface area contributed by atoms with Crippen LogP contribution in [0.25, 0.3) is 0 Å². The molecule has 0 N–H and O–H groups in total. The Morgan fingerprint density at radius 1 is 1.55 bits per heavy atom. The van der Waals surface area contributed by atoms with Gasteiger partial charge in [-0.1, -0.05) is 0 Å². The molecular weight excluding hydrogens is 403 g/mol. The molecule has 7 heteroatoms. The third-order valence-electron chi connectivity index (χ3n) is 0.589. The van der Waals surface area contributed by atoms with Crippen LogP contribution in [0.4, 0.5) is 0 Å². The van der Waals surface area contributed by atoms with Crippen LogP contribution in [0, 0.1) is 22.7 Å². The molecule has 0 aliphatic heterocycles. The van der Waals surface area contributed by atoms with Crippen LogP contribution in [0.5, 0.6) is 0 Å². The van der Waals surface area contributed by atoms with Crippen LogP contribution in [0.1, 0.15) is 0 Å². The number of nitriles is 2. The number of rotatable bonds is 1. The molecule has 0 rings (SSSR count). The van der Waals surface area contributed by atoms with Gasteiger partial charge >= 0.3 is 83.0 Å². The average molecular weight is 403 g/mol. The predicted octanol–water partition coefficient (Wildman–Crippen LogP) is 1.58. The zero-order valence-corrected chi connectivity index (χ0v) is 10.2. The number of allylic oxidation sites excluding steroid dienone is 1. The molecule has 0 bridgehead atoms. The fraction of sp³-hybridized carbons (Fsp3) is 0. The Kier molecular flexibility index (Phi) is 6.22. The number of halogens is 2. The number of hydrogen-bond donors (Lipinski definition) is 0. The van der Waals surface area contributed by atoms with Crippen molar-refractivity contribution in [3.8, 4) is 12.1 Å². The molecule has 0 unspecified atom stereocenters. The van der Waals surface area contributed by atoms with E-state index < -0.39 is 16.3 Å². The van der Waals surface area contributed by atoms with Crippen molar-refractivity contribution >= 4 is 24.9 Å². The van der Waals surface area contributed by atoms with Crippen molar-refractivity contribution in [1.82, 2.24) is 3.29 Å². The molecule has 0 aromatic heterocycles. The summed E-state index contributed by atoms with van der Waals surface area (Å²) < 4.78 is 3.60. The fourth-order valence-corrected chi connectivity index (χ4v) is 1.45. The van der Waals surface area contributed by atoms with Gasteiger partial charge in [0, 0.05) is 0 Å². The fourth-order valence-electron chi connectivity index (χ4n) is 0.219. The van der Waals surface area contributed by atoms with Gasteiger partial charge in [0.2, 0.25) is 0 Å². The van der Waals surface area contributed by atoms with E-state index >= 15 is 0 Å². The molecular formula is C4BrClN4W+. The molecule has 0 fully saturated rings. The van der Waals surface area contributed by atoms with E-state index in [1.807, 2.05) is 0 Å². The van der Waals surface area contributed by atoms with E-state index in [2.05, 4.69) is 21.7 Å². The molecule has 0 aromatic carbocycles. The molecule has 0 aliphatic rings. The standard InChI is InChI=1S/C4ClN4.BrH.W/c5-4(9-8)3(1-6)2-7;;/h;1H;/q-1;;+3/p-1. The quantitative estimate of drug-likeness (QED) is 0.289. The van der Waals surface area contributed by atoms with Crippen LogP contribution in [-0.4, -0.2) is 0 Å². The third kappa shape index (κ3) is 4.19. The van der Waals surface area contributed by atoms with Crippen molar-refractivity contribution in [2.75, 3.05) is 0 Å². The normalized spacial score (nSPS) is 6.55. The van der Waals surface area contributed by atoms with Gasteiger partial charge in [0.1, 0.15) is 0 Å². The summed E-state index contributed by atoms with van der Waals surface area (Å²) in [5.41, 5.74) is -0.213. The topological polar surface area (TPSA) is 74.0 Å². The van der Waals surface area contributed by atoms with Gasteiger partial charge in [-0.2, -0.15) is 0 Å². The van der Waals surface area contributed by atoms with Gasteiger partial charge in [-0.25, -0.2) is 0 Å². The van der Waals surface area contributed by atoms with Gasteiger partial charge in [-0.3, -0.25) is 0 Å². The molecule has 0 saturated carbocycles. The van der Waals surface area contributed by atoms with Gasteiger partial charge in [0.15, 0.2) is 0 Å². The Morgan fingerprint density at radius 3 is 2.45 bits per heavy atom. The molecule has 0 aliphatic carbocycles. The summed E-state index contributed by atoms with van der Waals surface area (Å²) in [6, 6.07) is 3.19. The third-order valence-corrected chi connectivity index (χ3v) is 2.43. The molecule has 0 saturated heterocycles. The van der Waals surface area contributed by atoms with E-state index in [1.165, 1.54) is 0 Å². The molecule has 0 atom stereocenters. The van der Waals surface area contributed by atoms with E-state index in [0.29, 0.717) is 0 Å². The van der Waals surface area contributed by atoms with Crippen molar-refractivity contribution in [2.24, 2.45) is 5.11 Å². The molecule has 55 valence electrons. The van der Waals surface area contributed by atoms with Crippen molar-refractivity contribution in [1.29, 1.82) is 10.5 Å². The first-order valence-electron chi connectivity index (χ1n) is 2.15. The van der Waals surface area contributed by atoms with Crippen molar-refractivity contribution in [3.05, 3.63) is 10.7 Å². The van der Waals surface area contributed by atoms with E-state index in [0.717, 1.165) is 0 Å². The van der Waals surface area contributed by atoms with Crippen molar-refractivity contribution in [2.45, 2.75) is 0 Å². The monoisotopic (exact) mass is 402 g/mol. The van der Waals surface area contributed by atoms with E-state index in [-0.39, 0.29) is 10.7 Å². The van der Waals surface area contributed by atoms with Gasteiger partial charge in [0.05, 0.1) is 0 Å². The summed E-state index contributed by atoms with van der Waals surface area (Å²) in [4.78, 5) is 0. The Hall–Kier alpha value is -0.312. The van der Waals surface area contributed by atoms with Crippen LogP contribution in [0.3, 0.4) is 0 Å². The van der Waals surface area contributed by atoms with E-state index in [9.17, 15) is 0 Å². The summed E-state index contributed by atoms with van der Waals surface area (Å²) in [6.07, 6.45) is 0. The van der Waals surface area contributed by atoms with E-state index in [1.54, 1.807) is 12.1 Å². The Labute approximate surface area is 82.7 Å². The SMILES string of the molecule is N#CC(C#N)=C(Cl)N=[N+]=[W][Br]. The van der Waals surface area contributed by atoms with Gasteiger partial charge < -0.3 is 0 Å². The minimum atomic E-state index is -0.948. The summed E-state index contributed by atoms with van der Waals surface area (Å²) in [5.74, 6) is 0. The zero-order valence-electron chi connectivity index (χ0n) is 4.95. The second kappa shape index (κ2) is 6.40. The Bertz CT molecular complexity index is 300. The summed E-state index contributed by atoms with van der Waals surface area (Å²) >= 11 is 7.59. The molecule has 4 nitrogen and oxygen atoms in total. The molecule has 0 aromatic rings.